The molecule has 176 valence electrons. The van der Waals surface area contributed by atoms with E-state index in [4.69, 9.17) is 9.26 Å². The predicted octanol–water partition coefficient (Wildman–Crippen LogP) is 5.42. The summed E-state index contributed by atoms with van der Waals surface area (Å²) in [5, 5.41) is 3.09. The molecule has 1 aliphatic rings. The molecule has 1 aliphatic carbocycles. The molecule has 33 heavy (non-hydrogen) atoms. The number of rotatable bonds is 8. The van der Waals surface area contributed by atoms with Crippen molar-refractivity contribution in [2.45, 2.75) is 72.3 Å². The minimum absolute atomic E-state index is 0.0460. The van der Waals surface area contributed by atoms with Gasteiger partial charge in [0.25, 0.3) is 5.56 Å². The number of amides is 1. The standard InChI is InChI=1S/C26H33N3O4/c1-4-5-6-19-8-10-20(11-9-19)26(31)28-22-13-17(2)7-12-23(22)32-16-21-15-25(30)29-24(27-21)14-18(3)33-29/h7,12-15,19-20H,4-6,8-11,16H2,1-3H3,(H,28,31). The smallest absolute Gasteiger partial charge is 0.287 e. The largest absolute Gasteiger partial charge is 0.485 e. The molecule has 1 N–H and O–H groups in total. The minimum atomic E-state index is -0.293. The van der Waals surface area contributed by atoms with Gasteiger partial charge in [-0.15, -0.1) is 4.57 Å². The third kappa shape index (κ3) is 5.64. The van der Waals surface area contributed by atoms with Crippen LogP contribution >= 0.6 is 0 Å². The summed E-state index contributed by atoms with van der Waals surface area (Å²) < 4.78 is 12.5. The fraction of sp³-hybridized carbons (Fsp3) is 0.500. The van der Waals surface area contributed by atoms with Crippen molar-refractivity contribution in [2.75, 3.05) is 5.32 Å². The second-order valence-corrected chi connectivity index (χ2v) is 9.22. The van der Waals surface area contributed by atoms with Crippen LogP contribution < -0.4 is 15.6 Å². The maximum atomic E-state index is 13.0. The minimum Gasteiger partial charge on any atom is -0.485 e. The molecule has 3 aromatic rings. The number of anilines is 1. The van der Waals surface area contributed by atoms with E-state index in [1.807, 2.05) is 25.1 Å². The number of fused-ring (bicyclic) bond motifs is 1. The Labute approximate surface area is 194 Å². The van der Waals surface area contributed by atoms with E-state index in [1.165, 1.54) is 25.3 Å². The average molecular weight is 452 g/mol. The first-order valence-electron chi connectivity index (χ1n) is 12.0. The van der Waals surface area contributed by atoms with Gasteiger partial charge in [0.1, 0.15) is 18.1 Å². The lowest BCUT2D eigenvalue weighted by Crippen LogP contribution is -2.27. The van der Waals surface area contributed by atoms with Gasteiger partial charge in [-0.25, -0.2) is 4.98 Å². The summed E-state index contributed by atoms with van der Waals surface area (Å²) in [4.78, 5) is 29.7. The quantitative estimate of drug-likeness (QED) is 0.494. The summed E-state index contributed by atoms with van der Waals surface area (Å²) >= 11 is 0. The maximum Gasteiger partial charge on any atom is 0.287 e. The normalized spacial score (nSPS) is 18.4. The lowest BCUT2D eigenvalue weighted by Gasteiger charge is -2.28. The number of aryl methyl sites for hydroxylation is 2. The van der Waals surface area contributed by atoms with Gasteiger partial charge in [0.05, 0.1) is 11.4 Å². The molecule has 1 amide bonds. The van der Waals surface area contributed by atoms with Crippen molar-refractivity contribution in [3.63, 3.8) is 0 Å². The second kappa shape index (κ2) is 10.2. The van der Waals surface area contributed by atoms with E-state index in [-0.39, 0.29) is 24.0 Å². The highest BCUT2D eigenvalue weighted by atomic mass is 16.5. The molecule has 0 spiro atoms. The third-order valence-corrected chi connectivity index (χ3v) is 6.48. The van der Waals surface area contributed by atoms with E-state index >= 15 is 0 Å². The molecule has 7 heteroatoms. The third-order valence-electron chi connectivity index (χ3n) is 6.48. The van der Waals surface area contributed by atoms with Crippen molar-refractivity contribution in [3.05, 3.63) is 57.7 Å². The number of hydrogen-bond acceptors (Lipinski definition) is 5. The number of benzene rings is 1. The summed E-state index contributed by atoms with van der Waals surface area (Å²) in [5.74, 6) is 2.05. The summed E-state index contributed by atoms with van der Waals surface area (Å²) in [6.45, 7) is 6.09. The Balaban J connectivity index is 1.41. The van der Waals surface area contributed by atoms with Crippen LogP contribution in [0, 0.1) is 25.7 Å². The molecular weight excluding hydrogens is 418 g/mol. The molecule has 0 radical (unpaired) electrons. The van der Waals surface area contributed by atoms with E-state index in [1.54, 1.807) is 13.0 Å². The van der Waals surface area contributed by atoms with Crippen LogP contribution in [0.25, 0.3) is 5.65 Å². The van der Waals surface area contributed by atoms with E-state index in [9.17, 15) is 9.59 Å². The van der Waals surface area contributed by atoms with E-state index in [0.29, 0.717) is 28.5 Å². The number of unbranched alkanes of at least 4 members (excludes halogenated alkanes) is 1. The summed E-state index contributed by atoms with van der Waals surface area (Å²) in [7, 11) is 0. The van der Waals surface area contributed by atoms with Gasteiger partial charge in [-0.05, 0) is 63.1 Å². The van der Waals surface area contributed by atoms with Crippen LogP contribution in [0.4, 0.5) is 5.69 Å². The van der Waals surface area contributed by atoms with Crippen LogP contribution in [-0.4, -0.2) is 15.5 Å². The highest BCUT2D eigenvalue weighted by Crippen LogP contribution is 2.34. The van der Waals surface area contributed by atoms with Gasteiger partial charge >= 0.3 is 0 Å². The Kier molecular flexibility index (Phi) is 7.16. The predicted molar refractivity (Wildman–Crippen MR) is 128 cm³/mol. The van der Waals surface area contributed by atoms with Crippen LogP contribution in [0.1, 0.15) is 68.9 Å². The number of carbonyl (C=O) groups is 1. The Morgan fingerprint density at radius 1 is 1.18 bits per heavy atom. The first-order chi connectivity index (χ1) is 15.9. The van der Waals surface area contributed by atoms with Gasteiger partial charge in [-0.3, -0.25) is 9.59 Å². The summed E-state index contributed by atoms with van der Waals surface area (Å²) in [6, 6.07) is 8.82. The Morgan fingerprint density at radius 3 is 2.73 bits per heavy atom. The molecule has 4 rings (SSSR count). The van der Waals surface area contributed by atoms with E-state index in [0.717, 1.165) is 41.7 Å². The topological polar surface area (TPSA) is 85.8 Å². The lowest BCUT2D eigenvalue weighted by molar-refractivity contribution is -0.121. The maximum absolute atomic E-state index is 13.0. The zero-order valence-electron chi connectivity index (χ0n) is 19.7. The average Bonchev–Trinajstić information content (AvgIpc) is 3.18. The zero-order valence-corrected chi connectivity index (χ0v) is 19.7. The van der Waals surface area contributed by atoms with Gasteiger partial charge in [0.2, 0.25) is 5.91 Å². The van der Waals surface area contributed by atoms with Crippen molar-refractivity contribution in [3.8, 4) is 5.75 Å². The van der Waals surface area contributed by atoms with Crippen molar-refractivity contribution in [1.29, 1.82) is 0 Å². The fourth-order valence-electron chi connectivity index (χ4n) is 4.61. The Bertz CT molecular complexity index is 1170. The van der Waals surface area contributed by atoms with Gasteiger partial charge in [-0.1, -0.05) is 32.3 Å². The highest BCUT2D eigenvalue weighted by Gasteiger charge is 2.26. The number of carbonyl (C=O) groups excluding carboxylic acids is 1. The van der Waals surface area contributed by atoms with Crippen LogP contribution in [-0.2, 0) is 11.4 Å². The van der Waals surface area contributed by atoms with Crippen molar-refractivity contribution >= 4 is 17.2 Å². The molecule has 1 fully saturated rings. The number of hydrogen-bond donors (Lipinski definition) is 1. The molecule has 7 nitrogen and oxygen atoms in total. The molecule has 0 atom stereocenters. The number of ether oxygens (including phenoxy) is 1. The van der Waals surface area contributed by atoms with Gasteiger partial charge in [-0.2, -0.15) is 0 Å². The molecule has 2 heterocycles. The molecule has 2 aromatic heterocycles. The molecule has 1 saturated carbocycles. The van der Waals surface area contributed by atoms with E-state index in [2.05, 4.69) is 17.2 Å². The molecule has 0 saturated heterocycles. The molecule has 0 aliphatic heterocycles. The first-order valence-corrected chi connectivity index (χ1v) is 12.0. The van der Waals surface area contributed by atoms with Crippen LogP contribution in [0.5, 0.6) is 5.75 Å². The van der Waals surface area contributed by atoms with Gasteiger partial charge in [0.15, 0.2) is 5.65 Å². The Morgan fingerprint density at radius 2 is 1.97 bits per heavy atom. The molecule has 0 bridgehead atoms. The second-order valence-electron chi connectivity index (χ2n) is 9.22. The van der Waals surface area contributed by atoms with Crippen molar-refractivity contribution in [1.82, 2.24) is 9.56 Å². The number of aromatic nitrogens is 2. The highest BCUT2D eigenvalue weighted by molar-refractivity contribution is 5.94. The number of nitrogens with one attached hydrogen (secondary N) is 1. The van der Waals surface area contributed by atoms with Crippen LogP contribution in [0.3, 0.4) is 0 Å². The van der Waals surface area contributed by atoms with Gasteiger partial charge < -0.3 is 14.6 Å². The zero-order chi connectivity index (χ0) is 23.4. The lowest BCUT2D eigenvalue weighted by atomic mass is 9.79. The number of nitrogens with zero attached hydrogens (tertiary/aromatic N) is 2. The molecule has 1 aromatic carbocycles. The Hall–Kier alpha value is -3.09. The SMILES string of the molecule is CCCCC1CCC(C(=O)Nc2cc(C)ccc2OCc2cc(=O)n3oc(C)cc3n2)CC1. The van der Waals surface area contributed by atoms with Crippen molar-refractivity contribution < 1.29 is 14.1 Å². The van der Waals surface area contributed by atoms with Crippen LogP contribution in [0.15, 0.2) is 39.6 Å². The molecule has 0 unspecified atom stereocenters. The van der Waals surface area contributed by atoms with Crippen molar-refractivity contribution in [2.24, 2.45) is 11.8 Å². The monoisotopic (exact) mass is 451 g/mol. The van der Waals surface area contributed by atoms with Gasteiger partial charge in [0, 0.05) is 18.1 Å². The van der Waals surface area contributed by atoms with Crippen LogP contribution in [0.2, 0.25) is 0 Å². The van der Waals surface area contributed by atoms with E-state index < -0.39 is 0 Å². The fourth-order valence-corrected chi connectivity index (χ4v) is 4.61. The summed E-state index contributed by atoms with van der Waals surface area (Å²) in [6.07, 6.45) is 7.94. The molecular formula is C26H33N3O4. The first kappa shape index (κ1) is 23.1. The summed E-state index contributed by atoms with van der Waals surface area (Å²) in [5.41, 5.74) is 2.35.